The number of aliphatic hydroxyl groups is 1. The van der Waals surface area contributed by atoms with Crippen molar-refractivity contribution in [1.29, 1.82) is 0 Å². The Morgan fingerprint density at radius 1 is 0.625 bits per heavy atom. The Balaban J connectivity index is 2.23. The molecule has 0 spiro atoms. The van der Waals surface area contributed by atoms with Crippen LogP contribution in [0.25, 0.3) is 0 Å². The molecule has 1 N–H and O–H groups in total. The Kier molecular flexibility index (Phi) is 27.4. The fourth-order valence-electron chi connectivity index (χ4n) is 5.32. The summed E-state index contributed by atoms with van der Waals surface area (Å²) in [4.78, 5) is 0. The molecule has 0 heterocycles. The number of unbranched alkanes of at least 4 members (excludes halogenated alkanes) is 19. The van der Waals surface area contributed by atoms with Crippen molar-refractivity contribution in [2.75, 3.05) is 13.2 Å². The number of halogens is 1. The van der Waals surface area contributed by atoms with Crippen LogP contribution >= 0.6 is 22.6 Å². The Bertz CT molecular complexity index is 626. The smallest absolute Gasteiger partial charge is 0.108 e. The lowest BCUT2D eigenvalue weighted by Crippen LogP contribution is -2.39. The second-order valence-corrected chi connectivity index (χ2v) is 13.5. The van der Waals surface area contributed by atoms with Gasteiger partial charge in [0.2, 0.25) is 0 Å². The predicted octanol–water partition coefficient (Wildman–Crippen LogP) is 11.4. The third-order valence-electron chi connectivity index (χ3n) is 8.07. The van der Waals surface area contributed by atoms with E-state index in [0.29, 0.717) is 13.2 Å². The van der Waals surface area contributed by atoms with Gasteiger partial charge in [-0.3, -0.25) is 0 Å². The molecule has 1 rings (SSSR count). The van der Waals surface area contributed by atoms with Crippen molar-refractivity contribution >= 4 is 22.6 Å². The summed E-state index contributed by atoms with van der Waals surface area (Å²) in [5, 5.41) is 11.2. The maximum Gasteiger partial charge on any atom is 0.108 e. The van der Waals surface area contributed by atoms with Crippen LogP contribution in [0.15, 0.2) is 30.3 Å². The molecule has 0 bridgehead atoms. The summed E-state index contributed by atoms with van der Waals surface area (Å²) >= 11 is 2.44. The summed E-state index contributed by atoms with van der Waals surface area (Å²) in [5.41, 5.74) is 1.14. The van der Waals surface area contributed by atoms with Crippen LogP contribution in [-0.4, -0.2) is 34.5 Å². The molecular weight excluding hydrogens is 607 g/mol. The minimum Gasteiger partial charge on any atom is -0.389 e. The normalized spacial score (nSPS) is 13.9. The van der Waals surface area contributed by atoms with Crippen LogP contribution in [0.4, 0.5) is 0 Å². The lowest BCUT2D eigenvalue weighted by molar-refractivity contribution is -0.0857. The molecular formula is C36H65IO3. The number of hydrogen-bond acceptors (Lipinski definition) is 3. The van der Waals surface area contributed by atoms with Crippen molar-refractivity contribution in [3.05, 3.63) is 35.9 Å². The van der Waals surface area contributed by atoms with Crippen molar-refractivity contribution in [2.24, 2.45) is 0 Å². The van der Waals surface area contributed by atoms with Crippen molar-refractivity contribution in [1.82, 2.24) is 0 Å². The SMILES string of the molecule is CCCCCCCCCCCCCOCC(OCc1ccccc1)C(O)C(I)CCCCCCCCCCCC. The summed E-state index contributed by atoms with van der Waals surface area (Å²) in [5.74, 6) is 0. The molecule has 1 aromatic carbocycles. The molecule has 4 heteroatoms. The van der Waals surface area contributed by atoms with Crippen LogP contribution in [-0.2, 0) is 16.1 Å². The standard InChI is InChI=1S/C36H65IO3/c1-3-5-7-9-11-13-15-17-19-21-26-30-39-32-35(40-31-33-27-23-22-24-28-33)36(38)34(37)29-25-20-18-16-14-12-10-8-6-4-2/h22-24,27-28,34-36,38H,3-21,25-26,29-32H2,1-2H3. The third kappa shape index (κ3) is 22.4. The number of hydrogen-bond donors (Lipinski definition) is 1. The highest BCUT2D eigenvalue weighted by atomic mass is 127. The van der Waals surface area contributed by atoms with E-state index in [9.17, 15) is 5.11 Å². The highest BCUT2D eigenvalue weighted by Gasteiger charge is 2.27. The Morgan fingerprint density at radius 3 is 1.57 bits per heavy atom. The van der Waals surface area contributed by atoms with Crippen LogP contribution in [0.1, 0.15) is 161 Å². The maximum atomic E-state index is 11.2. The molecule has 0 saturated carbocycles. The highest BCUT2D eigenvalue weighted by Crippen LogP contribution is 2.22. The molecule has 3 unspecified atom stereocenters. The second-order valence-electron chi connectivity index (χ2n) is 11.9. The van der Waals surface area contributed by atoms with Gasteiger partial charge in [0.25, 0.3) is 0 Å². The van der Waals surface area contributed by atoms with Gasteiger partial charge in [-0.25, -0.2) is 0 Å². The number of rotatable bonds is 30. The first-order chi connectivity index (χ1) is 19.7. The van der Waals surface area contributed by atoms with Gasteiger partial charge in [0, 0.05) is 10.5 Å². The molecule has 234 valence electrons. The number of ether oxygens (including phenoxy) is 2. The van der Waals surface area contributed by atoms with E-state index in [1.165, 1.54) is 128 Å². The molecule has 0 amide bonds. The van der Waals surface area contributed by atoms with Gasteiger partial charge in [0.05, 0.1) is 19.3 Å². The van der Waals surface area contributed by atoms with Crippen molar-refractivity contribution < 1.29 is 14.6 Å². The van der Waals surface area contributed by atoms with Crippen LogP contribution in [0.5, 0.6) is 0 Å². The quantitative estimate of drug-likeness (QED) is 0.0502. The Morgan fingerprint density at radius 2 is 1.07 bits per heavy atom. The number of aliphatic hydroxyl groups excluding tert-OH is 1. The molecule has 0 radical (unpaired) electrons. The van der Waals surface area contributed by atoms with E-state index in [4.69, 9.17) is 9.47 Å². The first kappa shape index (κ1) is 37.9. The third-order valence-corrected chi connectivity index (χ3v) is 9.43. The largest absolute Gasteiger partial charge is 0.389 e. The van der Waals surface area contributed by atoms with Crippen LogP contribution < -0.4 is 0 Å². The first-order valence-corrected chi connectivity index (χ1v) is 18.5. The van der Waals surface area contributed by atoms with Crippen molar-refractivity contribution in [3.63, 3.8) is 0 Å². The van der Waals surface area contributed by atoms with Gasteiger partial charge in [-0.05, 0) is 18.4 Å². The van der Waals surface area contributed by atoms with E-state index in [1.807, 2.05) is 18.2 Å². The molecule has 0 fully saturated rings. The molecule has 0 aliphatic heterocycles. The first-order valence-electron chi connectivity index (χ1n) is 17.2. The second kappa shape index (κ2) is 28.9. The molecule has 40 heavy (non-hydrogen) atoms. The molecule has 0 aliphatic carbocycles. The van der Waals surface area contributed by atoms with Gasteiger partial charge in [-0.2, -0.15) is 0 Å². The van der Waals surface area contributed by atoms with E-state index in [2.05, 4.69) is 48.6 Å². The highest BCUT2D eigenvalue weighted by molar-refractivity contribution is 14.1. The average Bonchev–Trinajstić information content (AvgIpc) is 2.98. The monoisotopic (exact) mass is 672 g/mol. The van der Waals surface area contributed by atoms with Crippen molar-refractivity contribution in [3.8, 4) is 0 Å². The summed E-state index contributed by atoms with van der Waals surface area (Å²) in [6.45, 7) is 6.32. The summed E-state index contributed by atoms with van der Waals surface area (Å²) in [7, 11) is 0. The molecule has 0 saturated heterocycles. The molecule has 3 atom stereocenters. The van der Waals surface area contributed by atoms with Gasteiger partial charge < -0.3 is 14.6 Å². The summed E-state index contributed by atoms with van der Waals surface area (Å²) in [6, 6.07) is 10.3. The van der Waals surface area contributed by atoms with E-state index in [-0.39, 0.29) is 10.0 Å². The maximum absolute atomic E-state index is 11.2. The average molecular weight is 673 g/mol. The fraction of sp³-hybridized carbons (Fsp3) is 0.833. The van der Waals surface area contributed by atoms with Gasteiger partial charge in [0.1, 0.15) is 6.10 Å². The molecule has 0 aromatic heterocycles. The number of alkyl halides is 1. The predicted molar refractivity (Wildman–Crippen MR) is 183 cm³/mol. The van der Waals surface area contributed by atoms with Gasteiger partial charge in [-0.1, -0.05) is 195 Å². The van der Waals surface area contributed by atoms with Crippen molar-refractivity contribution in [2.45, 2.75) is 178 Å². The Hall–Kier alpha value is -0.170. The van der Waals surface area contributed by atoms with Crippen LogP contribution in [0.3, 0.4) is 0 Å². The van der Waals surface area contributed by atoms with E-state index in [0.717, 1.165) is 25.0 Å². The topological polar surface area (TPSA) is 38.7 Å². The zero-order valence-electron chi connectivity index (χ0n) is 26.4. The molecule has 1 aromatic rings. The lowest BCUT2D eigenvalue weighted by Gasteiger charge is -2.27. The van der Waals surface area contributed by atoms with Gasteiger partial charge >= 0.3 is 0 Å². The Labute approximate surface area is 263 Å². The zero-order chi connectivity index (χ0) is 28.9. The lowest BCUT2D eigenvalue weighted by atomic mass is 10.0. The van der Waals surface area contributed by atoms with Gasteiger partial charge in [-0.15, -0.1) is 0 Å². The van der Waals surface area contributed by atoms with Gasteiger partial charge in [0.15, 0.2) is 0 Å². The molecule has 0 aliphatic rings. The van der Waals surface area contributed by atoms with E-state index >= 15 is 0 Å². The minimum absolute atomic E-state index is 0.193. The summed E-state index contributed by atoms with van der Waals surface area (Å²) < 4.78 is 12.5. The van der Waals surface area contributed by atoms with E-state index < -0.39 is 6.10 Å². The van der Waals surface area contributed by atoms with Crippen LogP contribution in [0, 0.1) is 0 Å². The molecule has 3 nitrogen and oxygen atoms in total. The summed E-state index contributed by atoms with van der Waals surface area (Å²) in [6.07, 6.45) is 28.4. The zero-order valence-corrected chi connectivity index (χ0v) is 28.6. The fourth-order valence-corrected chi connectivity index (χ4v) is 6.22. The van der Waals surface area contributed by atoms with Crippen LogP contribution in [0.2, 0.25) is 0 Å². The van der Waals surface area contributed by atoms with E-state index in [1.54, 1.807) is 0 Å². The minimum atomic E-state index is -0.500. The number of benzene rings is 1.